The molecule has 1 aromatic rings. The predicted molar refractivity (Wildman–Crippen MR) is 72.0 cm³/mol. The van der Waals surface area contributed by atoms with Gasteiger partial charge in [-0.3, -0.25) is 4.79 Å². The highest BCUT2D eigenvalue weighted by Crippen LogP contribution is 2.30. The lowest BCUT2D eigenvalue weighted by Gasteiger charge is -2.21. The Balaban J connectivity index is 2.12. The molecule has 0 saturated carbocycles. The number of hydrogen-bond donors (Lipinski definition) is 1. The minimum atomic E-state index is 0.0646. The second-order valence-corrected chi connectivity index (χ2v) is 4.13. The van der Waals surface area contributed by atoms with Crippen LogP contribution in [0.5, 0.6) is 5.75 Å². The SMILES string of the molecule is C=CCNCC(=O)N1CCCOc2ccccc21. The Kier molecular flexibility index (Phi) is 4.36. The summed E-state index contributed by atoms with van der Waals surface area (Å²) in [5, 5.41) is 3.03. The molecule has 1 aliphatic rings. The number of anilines is 1. The highest BCUT2D eigenvalue weighted by atomic mass is 16.5. The summed E-state index contributed by atoms with van der Waals surface area (Å²) in [6.45, 7) is 5.92. The van der Waals surface area contributed by atoms with Gasteiger partial charge in [0, 0.05) is 13.1 Å². The molecule has 1 aromatic carbocycles. The van der Waals surface area contributed by atoms with Crippen molar-refractivity contribution in [2.24, 2.45) is 0 Å². The van der Waals surface area contributed by atoms with Gasteiger partial charge >= 0.3 is 0 Å². The first-order valence-electron chi connectivity index (χ1n) is 6.16. The summed E-state index contributed by atoms with van der Waals surface area (Å²) < 4.78 is 5.62. The Bertz CT molecular complexity index is 432. The van der Waals surface area contributed by atoms with Gasteiger partial charge in [-0.1, -0.05) is 18.2 Å². The molecule has 96 valence electrons. The minimum absolute atomic E-state index is 0.0646. The van der Waals surface area contributed by atoms with E-state index in [-0.39, 0.29) is 5.91 Å². The Morgan fingerprint density at radius 3 is 3.17 bits per heavy atom. The number of hydrogen-bond acceptors (Lipinski definition) is 3. The number of benzene rings is 1. The maximum atomic E-state index is 12.2. The topological polar surface area (TPSA) is 41.6 Å². The molecular weight excluding hydrogens is 228 g/mol. The van der Waals surface area contributed by atoms with Gasteiger partial charge in [0.1, 0.15) is 5.75 Å². The van der Waals surface area contributed by atoms with Crippen LogP contribution in [0.25, 0.3) is 0 Å². The second kappa shape index (κ2) is 6.21. The van der Waals surface area contributed by atoms with Crippen molar-refractivity contribution in [2.75, 3.05) is 31.1 Å². The van der Waals surface area contributed by atoms with Crippen LogP contribution in [0.1, 0.15) is 6.42 Å². The second-order valence-electron chi connectivity index (χ2n) is 4.13. The van der Waals surface area contributed by atoms with Crippen LogP contribution in [-0.4, -0.2) is 32.1 Å². The average Bonchev–Trinajstić information content (AvgIpc) is 2.61. The van der Waals surface area contributed by atoms with Crippen LogP contribution < -0.4 is 15.0 Å². The van der Waals surface area contributed by atoms with Crippen LogP contribution in [0, 0.1) is 0 Å². The summed E-state index contributed by atoms with van der Waals surface area (Å²) in [5.41, 5.74) is 0.861. The number of fused-ring (bicyclic) bond motifs is 1. The van der Waals surface area contributed by atoms with Gasteiger partial charge in [0.05, 0.1) is 18.8 Å². The van der Waals surface area contributed by atoms with E-state index in [2.05, 4.69) is 11.9 Å². The molecule has 0 saturated heterocycles. The molecule has 18 heavy (non-hydrogen) atoms. The molecule has 0 unspecified atom stereocenters. The summed E-state index contributed by atoms with van der Waals surface area (Å²) in [4.78, 5) is 14.0. The largest absolute Gasteiger partial charge is 0.491 e. The van der Waals surface area contributed by atoms with Gasteiger partial charge in [-0.05, 0) is 18.6 Å². The van der Waals surface area contributed by atoms with Gasteiger partial charge in [0.25, 0.3) is 0 Å². The number of ether oxygens (including phenoxy) is 1. The quantitative estimate of drug-likeness (QED) is 0.648. The van der Waals surface area contributed by atoms with Crippen molar-refractivity contribution >= 4 is 11.6 Å². The summed E-state index contributed by atoms with van der Waals surface area (Å²) in [5.74, 6) is 0.849. The van der Waals surface area contributed by atoms with Crippen LogP contribution in [0.15, 0.2) is 36.9 Å². The molecule has 0 aliphatic carbocycles. The average molecular weight is 246 g/mol. The third-order valence-corrected chi connectivity index (χ3v) is 2.81. The van der Waals surface area contributed by atoms with Crippen LogP contribution in [0.3, 0.4) is 0 Å². The molecule has 1 heterocycles. The number of nitrogens with zero attached hydrogens (tertiary/aromatic N) is 1. The lowest BCUT2D eigenvalue weighted by Crippen LogP contribution is -2.38. The van der Waals surface area contributed by atoms with Crippen molar-refractivity contribution in [3.63, 3.8) is 0 Å². The van der Waals surface area contributed by atoms with Crippen molar-refractivity contribution in [1.82, 2.24) is 5.32 Å². The van der Waals surface area contributed by atoms with Crippen molar-refractivity contribution in [3.05, 3.63) is 36.9 Å². The fourth-order valence-corrected chi connectivity index (χ4v) is 1.96. The van der Waals surface area contributed by atoms with Gasteiger partial charge in [0.2, 0.25) is 5.91 Å². The number of carbonyl (C=O) groups excluding carboxylic acids is 1. The number of para-hydroxylation sites is 2. The minimum Gasteiger partial charge on any atom is -0.491 e. The van der Waals surface area contributed by atoms with E-state index in [1.165, 1.54) is 0 Å². The van der Waals surface area contributed by atoms with E-state index in [0.717, 1.165) is 17.9 Å². The molecule has 4 nitrogen and oxygen atoms in total. The zero-order chi connectivity index (χ0) is 12.8. The van der Waals surface area contributed by atoms with Crippen LogP contribution >= 0.6 is 0 Å². The lowest BCUT2D eigenvalue weighted by molar-refractivity contribution is -0.117. The number of carbonyl (C=O) groups is 1. The smallest absolute Gasteiger partial charge is 0.241 e. The number of amides is 1. The van der Waals surface area contributed by atoms with Gasteiger partial charge in [0.15, 0.2) is 0 Å². The van der Waals surface area contributed by atoms with Gasteiger partial charge in [-0.15, -0.1) is 6.58 Å². The van der Waals surface area contributed by atoms with Crippen molar-refractivity contribution < 1.29 is 9.53 Å². The standard InChI is InChI=1S/C14H18N2O2/c1-2-8-15-11-14(17)16-9-5-10-18-13-7-4-3-6-12(13)16/h2-4,6-7,15H,1,5,8-11H2. The van der Waals surface area contributed by atoms with E-state index >= 15 is 0 Å². The molecule has 1 N–H and O–H groups in total. The summed E-state index contributed by atoms with van der Waals surface area (Å²) in [7, 11) is 0. The molecule has 1 aliphatic heterocycles. The Labute approximate surface area is 107 Å². The highest BCUT2D eigenvalue weighted by molar-refractivity contribution is 5.96. The van der Waals surface area contributed by atoms with E-state index in [0.29, 0.717) is 26.2 Å². The molecule has 0 bridgehead atoms. The zero-order valence-corrected chi connectivity index (χ0v) is 10.4. The fourth-order valence-electron chi connectivity index (χ4n) is 1.96. The third kappa shape index (κ3) is 2.90. The van der Waals surface area contributed by atoms with Crippen LogP contribution in [0.4, 0.5) is 5.69 Å². The molecular formula is C14H18N2O2. The van der Waals surface area contributed by atoms with Crippen LogP contribution in [0.2, 0.25) is 0 Å². The first-order valence-corrected chi connectivity index (χ1v) is 6.16. The number of rotatable bonds is 4. The predicted octanol–water partition coefficient (Wildman–Crippen LogP) is 1.58. The zero-order valence-electron chi connectivity index (χ0n) is 10.4. The fraction of sp³-hybridized carbons (Fsp3) is 0.357. The van der Waals surface area contributed by atoms with Crippen molar-refractivity contribution in [2.45, 2.75) is 6.42 Å². The normalized spacial score (nSPS) is 14.3. The van der Waals surface area contributed by atoms with E-state index in [1.807, 2.05) is 24.3 Å². The Morgan fingerprint density at radius 2 is 2.33 bits per heavy atom. The van der Waals surface area contributed by atoms with Gasteiger partial charge in [-0.25, -0.2) is 0 Å². The monoisotopic (exact) mass is 246 g/mol. The highest BCUT2D eigenvalue weighted by Gasteiger charge is 2.20. The molecule has 0 spiro atoms. The van der Waals surface area contributed by atoms with E-state index in [1.54, 1.807) is 11.0 Å². The summed E-state index contributed by atoms with van der Waals surface area (Å²) in [6.07, 6.45) is 2.59. The van der Waals surface area contributed by atoms with Gasteiger partial charge < -0.3 is 15.0 Å². The van der Waals surface area contributed by atoms with Crippen molar-refractivity contribution in [3.8, 4) is 5.75 Å². The number of nitrogens with one attached hydrogen (secondary N) is 1. The molecule has 0 atom stereocenters. The molecule has 2 rings (SSSR count). The van der Waals surface area contributed by atoms with Gasteiger partial charge in [-0.2, -0.15) is 0 Å². The molecule has 1 amide bonds. The maximum absolute atomic E-state index is 12.2. The first-order chi connectivity index (χ1) is 8.83. The van der Waals surface area contributed by atoms with E-state index < -0.39 is 0 Å². The van der Waals surface area contributed by atoms with E-state index in [4.69, 9.17) is 4.74 Å². The van der Waals surface area contributed by atoms with Crippen LogP contribution in [-0.2, 0) is 4.79 Å². The first kappa shape index (κ1) is 12.6. The molecule has 0 fully saturated rings. The molecule has 0 radical (unpaired) electrons. The molecule has 0 aromatic heterocycles. The lowest BCUT2D eigenvalue weighted by atomic mass is 10.2. The molecule has 4 heteroatoms. The van der Waals surface area contributed by atoms with Crippen molar-refractivity contribution in [1.29, 1.82) is 0 Å². The summed E-state index contributed by atoms with van der Waals surface area (Å²) >= 11 is 0. The maximum Gasteiger partial charge on any atom is 0.241 e. The Morgan fingerprint density at radius 1 is 1.50 bits per heavy atom. The van der Waals surface area contributed by atoms with E-state index in [9.17, 15) is 4.79 Å². The Hall–Kier alpha value is -1.81. The third-order valence-electron chi connectivity index (χ3n) is 2.81. The summed E-state index contributed by atoms with van der Waals surface area (Å²) in [6, 6.07) is 7.66.